The molecule has 3 aromatic rings. The van der Waals surface area contributed by atoms with Crippen LogP contribution >= 0.6 is 11.3 Å². The maximum atomic E-state index is 13.4. The van der Waals surface area contributed by atoms with Gasteiger partial charge in [-0.1, -0.05) is 55.8 Å². The molecule has 0 fully saturated rings. The molecule has 2 aromatic carbocycles. The van der Waals surface area contributed by atoms with E-state index in [0.29, 0.717) is 18.8 Å². The van der Waals surface area contributed by atoms with Gasteiger partial charge >= 0.3 is 0 Å². The van der Waals surface area contributed by atoms with E-state index < -0.39 is 0 Å². The molecule has 7 heteroatoms. The summed E-state index contributed by atoms with van der Waals surface area (Å²) in [5, 5.41) is 5.84. The van der Waals surface area contributed by atoms with Gasteiger partial charge in [0.2, 0.25) is 0 Å². The van der Waals surface area contributed by atoms with Crippen molar-refractivity contribution in [3.8, 4) is 0 Å². The van der Waals surface area contributed by atoms with E-state index in [2.05, 4.69) is 72.1 Å². The number of aryl methyl sites for hydroxylation is 1. The van der Waals surface area contributed by atoms with E-state index in [4.69, 9.17) is 0 Å². The number of halogens is 1. The number of carbonyl (C=O) groups excluding carboxylic acids is 1. The lowest BCUT2D eigenvalue weighted by Crippen LogP contribution is -2.34. The molecule has 0 radical (unpaired) electrons. The van der Waals surface area contributed by atoms with Gasteiger partial charge in [-0.2, -0.15) is 0 Å². The van der Waals surface area contributed by atoms with Crippen LogP contribution in [-0.2, 0) is 19.6 Å². The Morgan fingerprint density at radius 3 is 2.19 bits per heavy atom. The van der Waals surface area contributed by atoms with Gasteiger partial charge in [0, 0.05) is 24.5 Å². The van der Waals surface area contributed by atoms with Gasteiger partial charge < -0.3 is 10.2 Å². The van der Waals surface area contributed by atoms with Crippen LogP contribution < -0.4 is 5.32 Å². The quantitative estimate of drug-likeness (QED) is 0.288. The van der Waals surface area contributed by atoms with Gasteiger partial charge in [0.15, 0.2) is 0 Å². The van der Waals surface area contributed by atoms with E-state index >= 15 is 0 Å². The summed E-state index contributed by atoms with van der Waals surface area (Å²) in [6.45, 7) is 13.7. The number of nitrogens with one attached hydrogen (secondary N) is 1. The number of hydrogen-bond donors (Lipinski definition) is 1. The standard InChI is InChI=1S/C29H39FN4OS/c1-5-33(6-2)17-7-8-23(4)31-29(35)27-21-36-28(32-27)20-34(18-24-11-9-22(3)10-12-24)19-25-13-15-26(30)16-14-25/h9-16,21,23H,5-8,17-20H2,1-4H3,(H,31,35). The van der Waals surface area contributed by atoms with Crippen molar-refractivity contribution in [2.75, 3.05) is 19.6 Å². The predicted octanol–water partition coefficient (Wildman–Crippen LogP) is 6.03. The molecule has 1 N–H and O–H groups in total. The first-order chi connectivity index (χ1) is 17.4. The molecule has 194 valence electrons. The Balaban J connectivity index is 1.60. The van der Waals surface area contributed by atoms with Crippen molar-refractivity contribution < 1.29 is 9.18 Å². The Morgan fingerprint density at radius 1 is 0.972 bits per heavy atom. The summed E-state index contributed by atoms with van der Waals surface area (Å²) in [4.78, 5) is 22.1. The summed E-state index contributed by atoms with van der Waals surface area (Å²) in [6.07, 6.45) is 2.00. The predicted molar refractivity (Wildman–Crippen MR) is 147 cm³/mol. The first-order valence-electron chi connectivity index (χ1n) is 12.9. The second-order valence-electron chi connectivity index (χ2n) is 9.43. The van der Waals surface area contributed by atoms with Crippen molar-refractivity contribution in [1.29, 1.82) is 0 Å². The Bertz CT molecular complexity index is 1020. The molecular formula is C29H39FN4OS. The first kappa shape index (κ1) is 28.0. The van der Waals surface area contributed by atoms with Gasteiger partial charge in [0.25, 0.3) is 5.91 Å². The van der Waals surface area contributed by atoms with Gasteiger partial charge in [-0.3, -0.25) is 9.69 Å². The van der Waals surface area contributed by atoms with E-state index in [0.717, 1.165) is 49.6 Å². The SMILES string of the molecule is CCN(CC)CCCC(C)NC(=O)c1csc(CN(Cc2ccc(C)cc2)Cc2ccc(F)cc2)n1. The lowest BCUT2D eigenvalue weighted by Gasteiger charge is -2.22. The fourth-order valence-electron chi connectivity index (χ4n) is 4.18. The third-order valence-corrected chi connectivity index (χ3v) is 7.21. The second kappa shape index (κ2) is 14.2. The molecule has 0 aliphatic carbocycles. The van der Waals surface area contributed by atoms with E-state index in [-0.39, 0.29) is 17.8 Å². The number of rotatable bonds is 14. The minimum absolute atomic E-state index is 0.106. The van der Waals surface area contributed by atoms with E-state index in [1.165, 1.54) is 34.6 Å². The smallest absolute Gasteiger partial charge is 0.270 e. The number of amides is 1. The highest BCUT2D eigenvalue weighted by Crippen LogP contribution is 2.18. The van der Waals surface area contributed by atoms with E-state index in [9.17, 15) is 9.18 Å². The van der Waals surface area contributed by atoms with Crippen molar-refractivity contribution in [3.05, 3.63) is 87.1 Å². The summed E-state index contributed by atoms with van der Waals surface area (Å²) >= 11 is 1.51. The van der Waals surface area contributed by atoms with Crippen LogP contribution in [0.4, 0.5) is 4.39 Å². The second-order valence-corrected chi connectivity index (χ2v) is 10.4. The molecular weight excluding hydrogens is 471 g/mol. The topological polar surface area (TPSA) is 48.5 Å². The van der Waals surface area contributed by atoms with Crippen LogP contribution in [-0.4, -0.2) is 46.4 Å². The number of nitrogens with zero attached hydrogens (tertiary/aromatic N) is 3. The molecule has 36 heavy (non-hydrogen) atoms. The van der Waals surface area contributed by atoms with E-state index in [1.54, 1.807) is 0 Å². The summed E-state index contributed by atoms with van der Waals surface area (Å²) in [7, 11) is 0. The minimum atomic E-state index is -0.235. The zero-order valence-corrected chi connectivity index (χ0v) is 22.8. The average molecular weight is 511 g/mol. The maximum absolute atomic E-state index is 13.4. The van der Waals surface area contributed by atoms with Crippen LogP contribution in [0, 0.1) is 12.7 Å². The molecule has 1 amide bonds. The molecule has 0 saturated carbocycles. The minimum Gasteiger partial charge on any atom is -0.348 e. The van der Waals surface area contributed by atoms with Gasteiger partial charge in [-0.15, -0.1) is 11.3 Å². The molecule has 0 aliphatic rings. The summed E-state index contributed by atoms with van der Waals surface area (Å²) in [5.74, 6) is -0.349. The van der Waals surface area contributed by atoms with Crippen LogP contribution in [0.25, 0.3) is 0 Å². The van der Waals surface area contributed by atoms with Gasteiger partial charge in [-0.25, -0.2) is 9.37 Å². The molecule has 1 heterocycles. The molecule has 0 aliphatic heterocycles. The van der Waals surface area contributed by atoms with Gasteiger partial charge in [0.1, 0.15) is 16.5 Å². The third kappa shape index (κ3) is 9.12. The molecule has 3 rings (SSSR count). The Hall–Kier alpha value is -2.61. The van der Waals surface area contributed by atoms with Crippen molar-refractivity contribution in [2.24, 2.45) is 0 Å². The highest BCUT2D eigenvalue weighted by Gasteiger charge is 2.16. The number of aromatic nitrogens is 1. The number of hydrogen-bond acceptors (Lipinski definition) is 5. The average Bonchev–Trinajstić information content (AvgIpc) is 3.33. The van der Waals surface area contributed by atoms with Gasteiger partial charge in [-0.05, 0) is 69.6 Å². The number of thiazole rings is 1. The fourth-order valence-corrected chi connectivity index (χ4v) is 4.99. The highest BCUT2D eigenvalue weighted by atomic mass is 32.1. The molecule has 5 nitrogen and oxygen atoms in total. The van der Waals surface area contributed by atoms with Crippen LogP contribution in [0.2, 0.25) is 0 Å². The monoisotopic (exact) mass is 510 g/mol. The first-order valence-corrected chi connectivity index (χ1v) is 13.7. The highest BCUT2D eigenvalue weighted by molar-refractivity contribution is 7.09. The molecule has 1 aromatic heterocycles. The molecule has 0 saturated heterocycles. The summed E-state index contributed by atoms with van der Waals surface area (Å²) < 4.78 is 13.4. The lowest BCUT2D eigenvalue weighted by atomic mass is 10.1. The number of carbonyl (C=O) groups is 1. The lowest BCUT2D eigenvalue weighted by molar-refractivity contribution is 0.0932. The Kier molecular flexibility index (Phi) is 11.0. The maximum Gasteiger partial charge on any atom is 0.270 e. The van der Waals surface area contributed by atoms with Crippen molar-refractivity contribution in [1.82, 2.24) is 20.1 Å². The largest absolute Gasteiger partial charge is 0.348 e. The zero-order valence-electron chi connectivity index (χ0n) is 22.0. The number of benzene rings is 2. The van der Waals surface area contributed by atoms with Crippen molar-refractivity contribution in [2.45, 2.75) is 66.2 Å². The molecule has 1 unspecified atom stereocenters. The Morgan fingerprint density at radius 2 is 1.58 bits per heavy atom. The fraction of sp³-hybridized carbons (Fsp3) is 0.448. The summed E-state index contributed by atoms with van der Waals surface area (Å²) in [6, 6.07) is 15.2. The van der Waals surface area contributed by atoms with Crippen molar-refractivity contribution in [3.63, 3.8) is 0 Å². The van der Waals surface area contributed by atoms with Crippen molar-refractivity contribution >= 4 is 17.2 Å². The normalized spacial score (nSPS) is 12.3. The van der Waals surface area contributed by atoms with Crippen LogP contribution in [0.15, 0.2) is 53.9 Å². The third-order valence-electron chi connectivity index (χ3n) is 6.37. The van der Waals surface area contributed by atoms with Crippen LogP contribution in [0.1, 0.15) is 65.8 Å². The van der Waals surface area contributed by atoms with Gasteiger partial charge in [0.05, 0.1) is 6.54 Å². The molecule has 1 atom stereocenters. The molecule has 0 bridgehead atoms. The molecule has 0 spiro atoms. The van der Waals surface area contributed by atoms with Crippen LogP contribution in [0.3, 0.4) is 0 Å². The zero-order chi connectivity index (χ0) is 25.9. The Labute approximate surface area is 219 Å². The summed E-state index contributed by atoms with van der Waals surface area (Å²) in [5.41, 5.74) is 3.94. The van der Waals surface area contributed by atoms with E-state index in [1.807, 2.05) is 17.5 Å². The van der Waals surface area contributed by atoms with Crippen LogP contribution in [0.5, 0.6) is 0 Å².